The molecule has 0 fully saturated rings. The highest BCUT2D eigenvalue weighted by molar-refractivity contribution is 9.10. The number of benzene rings is 4. The molecule has 2 atom stereocenters. The Morgan fingerprint density at radius 3 is 2.11 bits per heavy atom. The zero-order valence-electron chi connectivity index (χ0n) is 26.6. The van der Waals surface area contributed by atoms with Crippen LogP contribution in [-0.2, 0) is 32.6 Å². The SMILES string of the molecule is CCOc1ccc(N(CC(=O)N(Cc2cccc(Br)c2)[C@H](Cc2ccccc2)C(=O)N[C@H](C)CC)S(=O)(=O)c2ccc(Br)cc2)cc1. The van der Waals surface area contributed by atoms with Crippen LogP contribution in [0, 0.1) is 0 Å². The van der Waals surface area contributed by atoms with Crippen molar-refractivity contribution in [2.45, 2.75) is 57.1 Å². The number of ether oxygens (including phenoxy) is 1. The van der Waals surface area contributed by atoms with Gasteiger partial charge in [0.05, 0.1) is 17.2 Å². The highest BCUT2D eigenvalue weighted by Gasteiger charge is 2.35. The van der Waals surface area contributed by atoms with Crippen molar-refractivity contribution in [2.75, 3.05) is 17.5 Å². The van der Waals surface area contributed by atoms with E-state index in [4.69, 9.17) is 4.74 Å². The Hall–Kier alpha value is -3.67. The maximum absolute atomic E-state index is 14.6. The smallest absolute Gasteiger partial charge is 0.264 e. The molecule has 2 amide bonds. The number of nitrogens with zero attached hydrogens (tertiary/aromatic N) is 2. The Balaban J connectivity index is 1.81. The van der Waals surface area contributed by atoms with Crippen molar-refractivity contribution in [3.8, 4) is 5.75 Å². The second kappa shape index (κ2) is 16.9. The van der Waals surface area contributed by atoms with Gasteiger partial charge in [0.1, 0.15) is 18.3 Å². The first-order chi connectivity index (χ1) is 22.5. The number of hydrogen-bond donors (Lipinski definition) is 1. The van der Waals surface area contributed by atoms with Crippen molar-refractivity contribution in [3.05, 3.63) is 123 Å². The summed E-state index contributed by atoms with van der Waals surface area (Å²) in [6.07, 6.45) is 0.950. The molecule has 8 nitrogen and oxygen atoms in total. The monoisotopic (exact) mass is 783 g/mol. The molecule has 0 aliphatic heterocycles. The van der Waals surface area contributed by atoms with Crippen LogP contribution in [0.25, 0.3) is 0 Å². The lowest BCUT2D eigenvalue weighted by molar-refractivity contribution is -0.140. The summed E-state index contributed by atoms with van der Waals surface area (Å²) >= 11 is 6.88. The first-order valence-electron chi connectivity index (χ1n) is 15.4. The summed E-state index contributed by atoms with van der Waals surface area (Å²) in [5.41, 5.74) is 1.94. The van der Waals surface area contributed by atoms with E-state index < -0.39 is 28.5 Å². The van der Waals surface area contributed by atoms with Crippen LogP contribution in [0.3, 0.4) is 0 Å². The van der Waals surface area contributed by atoms with Crippen molar-refractivity contribution < 1.29 is 22.7 Å². The van der Waals surface area contributed by atoms with Crippen LogP contribution >= 0.6 is 31.9 Å². The van der Waals surface area contributed by atoms with Gasteiger partial charge in [-0.15, -0.1) is 0 Å². The van der Waals surface area contributed by atoms with Crippen molar-refractivity contribution in [2.24, 2.45) is 0 Å². The molecule has 0 spiro atoms. The molecule has 0 radical (unpaired) electrons. The summed E-state index contributed by atoms with van der Waals surface area (Å²) in [5.74, 6) is -0.265. The zero-order chi connectivity index (χ0) is 34.0. The minimum Gasteiger partial charge on any atom is -0.494 e. The lowest BCUT2D eigenvalue weighted by atomic mass is 10.0. The van der Waals surface area contributed by atoms with E-state index in [0.717, 1.165) is 24.4 Å². The van der Waals surface area contributed by atoms with E-state index in [2.05, 4.69) is 37.2 Å². The largest absolute Gasteiger partial charge is 0.494 e. The molecule has 0 saturated carbocycles. The first-order valence-corrected chi connectivity index (χ1v) is 18.4. The van der Waals surface area contributed by atoms with Gasteiger partial charge in [0.25, 0.3) is 10.0 Å². The highest BCUT2D eigenvalue weighted by Crippen LogP contribution is 2.28. The normalized spacial score (nSPS) is 12.5. The maximum atomic E-state index is 14.6. The van der Waals surface area contributed by atoms with Gasteiger partial charge in [0.2, 0.25) is 11.8 Å². The Morgan fingerprint density at radius 1 is 0.830 bits per heavy atom. The minimum atomic E-state index is -4.22. The van der Waals surface area contributed by atoms with Gasteiger partial charge in [-0.05, 0) is 92.1 Å². The number of anilines is 1. The second-order valence-electron chi connectivity index (χ2n) is 11.1. The Labute approximate surface area is 294 Å². The topological polar surface area (TPSA) is 96.0 Å². The molecule has 0 heterocycles. The van der Waals surface area contributed by atoms with Gasteiger partial charge >= 0.3 is 0 Å². The average Bonchev–Trinajstić information content (AvgIpc) is 3.06. The van der Waals surface area contributed by atoms with E-state index in [1.165, 1.54) is 17.0 Å². The predicted molar refractivity (Wildman–Crippen MR) is 193 cm³/mol. The number of hydrogen-bond acceptors (Lipinski definition) is 5. The van der Waals surface area contributed by atoms with Gasteiger partial charge in [0, 0.05) is 28.0 Å². The predicted octanol–water partition coefficient (Wildman–Crippen LogP) is 7.36. The molecule has 0 saturated heterocycles. The van der Waals surface area contributed by atoms with E-state index in [1.807, 2.05) is 75.4 Å². The summed E-state index contributed by atoms with van der Waals surface area (Å²) in [6, 6.07) is 28.8. The van der Waals surface area contributed by atoms with Crippen molar-refractivity contribution in [3.63, 3.8) is 0 Å². The fraction of sp³-hybridized carbons (Fsp3) is 0.278. The fourth-order valence-electron chi connectivity index (χ4n) is 4.96. The number of amides is 2. The van der Waals surface area contributed by atoms with Crippen LogP contribution in [-0.4, -0.2) is 50.4 Å². The van der Waals surface area contributed by atoms with Crippen LogP contribution in [0.2, 0.25) is 0 Å². The van der Waals surface area contributed by atoms with E-state index in [1.54, 1.807) is 36.4 Å². The van der Waals surface area contributed by atoms with E-state index in [9.17, 15) is 18.0 Å². The van der Waals surface area contributed by atoms with Crippen LogP contribution in [0.4, 0.5) is 5.69 Å². The number of rotatable bonds is 15. The molecular weight excluding hydrogens is 746 g/mol. The number of carbonyl (C=O) groups excluding carboxylic acids is 2. The number of sulfonamides is 1. The van der Waals surface area contributed by atoms with Crippen molar-refractivity contribution in [1.29, 1.82) is 0 Å². The fourth-order valence-corrected chi connectivity index (χ4v) is 7.09. The molecular formula is C36H39Br2N3O5S. The average molecular weight is 786 g/mol. The Morgan fingerprint density at radius 2 is 1.49 bits per heavy atom. The van der Waals surface area contributed by atoms with E-state index in [0.29, 0.717) is 18.8 Å². The molecule has 4 rings (SSSR count). The number of nitrogens with one attached hydrogen (secondary N) is 1. The van der Waals surface area contributed by atoms with Gasteiger partial charge in [-0.1, -0.05) is 81.2 Å². The van der Waals surface area contributed by atoms with Crippen molar-refractivity contribution in [1.82, 2.24) is 10.2 Å². The lowest BCUT2D eigenvalue weighted by Crippen LogP contribution is -2.54. The second-order valence-corrected chi connectivity index (χ2v) is 14.8. The standard InChI is InChI=1S/C36H39Br2N3O5S/c1-4-26(3)39-36(43)34(23-27-10-7-6-8-11-27)40(24-28-12-9-13-30(38)22-28)35(42)25-41(31-16-18-32(19-17-31)46-5-2)47(44,45)33-20-14-29(37)15-21-33/h6-22,26,34H,4-5,23-25H2,1-3H3,(H,39,43)/t26-,34-/m1/s1. The molecule has 0 aromatic heterocycles. The third-order valence-corrected chi connectivity index (χ3v) is 10.4. The zero-order valence-corrected chi connectivity index (χ0v) is 30.6. The molecule has 4 aromatic rings. The summed E-state index contributed by atoms with van der Waals surface area (Å²) in [5, 5.41) is 3.05. The van der Waals surface area contributed by atoms with Crippen molar-refractivity contribution >= 4 is 59.4 Å². The van der Waals surface area contributed by atoms with Gasteiger partial charge < -0.3 is 15.0 Å². The van der Waals surface area contributed by atoms with Gasteiger partial charge in [-0.25, -0.2) is 8.42 Å². The molecule has 0 unspecified atom stereocenters. The Bertz CT molecular complexity index is 1740. The number of halogens is 2. The van der Waals surface area contributed by atoms with Crippen LogP contribution in [0.5, 0.6) is 5.75 Å². The summed E-state index contributed by atoms with van der Waals surface area (Å²) in [7, 11) is -4.22. The van der Waals surface area contributed by atoms with Gasteiger partial charge in [0.15, 0.2) is 0 Å². The van der Waals surface area contributed by atoms with Gasteiger partial charge in [-0.2, -0.15) is 0 Å². The molecule has 4 aromatic carbocycles. The third kappa shape index (κ3) is 9.92. The first kappa shape index (κ1) is 36.2. The molecule has 0 aliphatic rings. The molecule has 47 heavy (non-hydrogen) atoms. The maximum Gasteiger partial charge on any atom is 0.264 e. The Kier molecular flexibility index (Phi) is 13.0. The summed E-state index contributed by atoms with van der Waals surface area (Å²) in [6.45, 7) is 5.74. The van der Waals surface area contributed by atoms with E-state index in [-0.39, 0.29) is 35.5 Å². The van der Waals surface area contributed by atoms with Gasteiger partial charge in [-0.3, -0.25) is 13.9 Å². The summed E-state index contributed by atoms with van der Waals surface area (Å²) < 4.78 is 36.6. The van der Waals surface area contributed by atoms with Crippen LogP contribution in [0.15, 0.2) is 117 Å². The summed E-state index contributed by atoms with van der Waals surface area (Å²) in [4.78, 5) is 30.1. The minimum absolute atomic E-state index is 0.0243. The molecule has 11 heteroatoms. The van der Waals surface area contributed by atoms with Crippen LogP contribution in [0.1, 0.15) is 38.3 Å². The van der Waals surface area contributed by atoms with Crippen LogP contribution < -0.4 is 14.4 Å². The highest BCUT2D eigenvalue weighted by atomic mass is 79.9. The quantitative estimate of drug-likeness (QED) is 0.136. The molecule has 0 aliphatic carbocycles. The molecule has 0 bridgehead atoms. The third-order valence-electron chi connectivity index (χ3n) is 7.63. The molecule has 248 valence electrons. The molecule has 1 N–H and O–H groups in total. The lowest BCUT2D eigenvalue weighted by Gasteiger charge is -2.34. The van der Waals surface area contributed by atoms with E-state index >= 15 is 0 Å². The number of carbonyl (C=O) groups is 2.